The van der Waals surface area contributed by atoms with Gasteiger partial charge in [-0.15, -0.1) is 0 Å². The van der Waals surface area contributed by atoms with Crippen LogP contribution in [0.5, 0.6) is 0 Å². The van der Waals surface area contributed by atoms with Crippen molar-refractivity contribution in [2.45, 2.75) is 66.2 Å². The molecular formula is C13H30O4Si. The number of rotatable bonds is 12. The van der Waals surface area contributed by atoms with Crippen LogP contribution in [0.15, 0.2) is 0 Å². The van der Waals surface area contributed by atoms with Gasteiger partial charge >= 0.3 is 8.80 Å². The van der Waals surface area contributed by atoms with Gasteiger partial charge in [0.1, 0.15) is 6.29 Å². The second-order valence-electron chi connectivity index (χ2n) is 4.17. The Bertz CT molecular complexity index is 184. The smallest absolute Gasteiger partial charge is 0.374 e. The molecule has 0 saturated heterocycles. The molecule has 0 amide bonds. The highest BCUT2D eigenvalue weighted by Crippen LogP contribution is 2.18. The van der Waals surface area contributed by atoms with Crippen LogP contribution in [0.3, 0.4) is 0 Å². The molecule has 0 fully saturated rings. The van der Waals surface area contributed by atoms with Crippen molar-refractivity contribution in [1.29, 1.82) is 0 Å². The Kier molecular flexibility index (Phi) is 11.0. The Hall–Kier alpha value is 0.0569. The van der Waals surface area contributed by atoms with E-state index in [1.54, 1.807) is 0 Å². The van der Waals surface area contributed by atoms with Crippen LogP contribution in [-0.4, -0.2) is 34.9 Å². The third-order valence-electron chi connectivity index (χ3n) is 2.61. The van der Waals surface area contributed by atoms with Gasteiger partial charge in [0.05, 0.1) is 0 Å². The van der Waals surface area contributed by atoms with E-state index in [1.807, 2.05) is 27.7 Å². The van der Waals surface area contributed by atoms with Crippen LogP contribution in [0.1, 0.15) is 53.9 Å². The predicted molar refractivity (Wildman–Crippen MR) is 75.5 cm³/mol. The molecule has 0 rings (SSSR count). The van der Waals surface area contributed by atoms with Crippen molar-refractivity contribution in [1.82, 2.24) is 0 Å². The minimum atomic E-state index is -2.53. The van der Waals surface area contributed by atoms with E-state index in [4.69, 9.17) is 18.0 Å². The third-order valence-corrected chi connectivity index (χ3v) is 5.62. The molecule has 0 radical (unpaired) electrons. The zero-order chi connectivity index (χ0) is 13.9. The molecule has 18 heavy (non-hydrogen) atoms. The summed E-state index contributed by atoms with van der Waals surface area (Å²) in [5, 5.41) is 0. The average molecular weight is 278 g/mol. The lowest BCUT2D eigenvalue weighted by Gasteiger charge is -2.30. The third kappa shape index (κ3) is 7.48. The van der Waals surface area contributed by atoms with Gasteiger partial charge < -0.3 is 18.0 Å². The maximum Gasteiger partial charge on any atom is 0.502 e. The van der Waals surface area contributed by atoms with E-state index >= 15 is 0 Å². The van der Waals surface area contributed by atoms with Crippen molar-refractivity contribution in [2.75, 3.05) is 19.8 Å². The van der Waals surface area contributed by atoms with E-state index in [0.717, 1.165) is 19.1 Å². The lowest BCUT2D eigenvalue weighted by Crippen LogP contribution is -2.48. The molecule has 0 aromatic heterocycles. The standard InChI is InChI=1S/C13H30O4Si/c1-6-10-11-12-14-13(5)17-18(9-4,15-7-2)16-8-3/h13H,6-12H2,1-5H3. The zero-order valence-corrected chi connectivity index (χ0v) is 13.7. The van der Waals surface area contributed by atoms with Crippen LogP contribution in [-0.2, 0) is 18.0 Å². The quantitative estimate of drug-likeness (QED) is 0.310. The van der Waals surface area contributed by atoms with Crippen molar-refractivity contribution in [2.24, 2.45) is 0 Å². The monoisotopic (exact) mass is 278 g/mol. The summed E-state index contributed by atoms with van der Waals surface area (Å²) in [5.74, 6) is 0. The highest BCUT2D eigenvalue weighted by atomic mass is 28.4. The maximum absolute atomic E-state index is 5.92. The molecular weight excluding hydrogens is 248 g/mol. The molecule has 110 valence electrons. The van der Waals surface area contributed by atoms with Gasteiger partial charge in [-0.2, -0.15) is 0 Å². The van der Waals surface area contributed by atoms with Crippen molar-refractivity contribution >= 4 is 8.80 Å². The molecule has 0 spiro atoms. The summed E-state index contributed by atoms with van der Waals surface area (Å²) >= 11 is 0. The SMILES string of the molecule is CCCCCOC(C)O[Si](CC)(OCC)OCC. The molecule has 1 unspecified atom stereocenters. The number of hydrogen-bond acceptors (Lipinski definition) is 4. The summed E-state index contributed by atoms with van der Waals surface area (Å²) < 4.78 is 23.0. The van der Waals surface area contributed by atoms with Crippen LogP contribution in [0.4, 0.5) is 0 Å². The summed E-state index contributed by atoms with van der Waals surface area (Å²) in [5.41, 5.74) is 0. The lowest BCUT2D eigenvalue weighted by atomic mass is 10.3. The highest BCUT2D eigenvalue weighted by Gasteiger charge is 2.40. The number of unbranched alkanes of at least 4 members (excludes halogenated alkanes) is 2. The number of ether oxygens (including phenoxy) is 1. The Morgan fingerprint density at radius 2 is 1.56 bits per heavy atom. The van der Waals surface area contributed by atoms with Crippen LogP contribution in [0.25, 0.3) is 0 Å². The molecule has 0 saturated carbocycles. The summed E-state index contributed by atoms with van der Waals surface area (Å²) in [6.07, 6.45) is 3.21. The first-order valence-corrected chi connectivity index (χ1v) is 9.14. The summed E-state index contributed by atoms with van der Waals surface area (Å²) in [6.45, 7) is 12.0. The van der Waals surface area contributed by atoms with E-state index in [2.05, 4.69) is 6.92 Å². The second kappa shape index (κ2) is 10.9. The van der Waals surface area contributed by atoms with Crippen LogP contribution in [0.2, 0.25) is 6.04 Å². The van der Waals surface area contributed by atoms with Gasteiger partial charge in [-0.3, -0.25) is 0 Å². The first-order chi connectivity index (χ1) is 8.64. The van der Waals surface area contributed by atoms with Crippen molar-refractivity contribution in [3.8, 4) is 0 Å². The van der Waals surface area contributed by atoms with Crippen molar-refractivity contribution in [3.05, 3.63) is 0 Å². The highest BCUT2D eigenvalue weighted by molar-refractivity contribution is 6.60. The average Bonchev–Trinajstić information content (AvgIpc) is 2.35. The molecule has 0 bridgehead atoms. The fourth-order valence-corrected chi connectivity index (χ4v) is 3.97. The van der Waals surface area contributed by atoms with Gasteiger partial charge in [-0.05, 0) is 27.2 Å². The van der Waals surface area contributed by atoms with Gasteiger partial charge in [-0.1, -0.05) is 26.7 Å². The molecule has 0 aliphatic carbocycles. The first-order valence-electron chi connectivity index (χ1n) is 7.21. The largest absolute Gasteiger partial charge is 0.502 e. The van der Waals surface area contributed by atoms with Crippen molar-refractivity contribution < 1.29 is 18.0 Å². The first kappa shape index (κ1) is 18.1. The van der Waals surface area contributed by atoms with Gasteiger partial charge in [0.25, 0.3) is 0 Å². The van der Waals surface area contributed by atoms with E-state index in [0.29, 0.717) is 13.2 Å². The van der Waals surface area contributed by atoms with Gasteiger partial charge in [0.15, 0.2) is 0 Å². The molecule has 5 heteroatoms. The Labute approximate surface area is 113 Å². The van der Waals surface area contributed by atoms with Crippen LogP contribution in [0, 0.1) is 0 Å². The molecule has 0 heterocycles. The van der Waals surface area contributed by atoms with E-state index in [9.17, 15) is 0 Å². The number of hydrogen-bond donors (Lipinski definition) is 0. The van der Waals surface area contributed by atoms with E-state index in [-0.39, 0.29) is 6.29 Å². The lowest BCUT2D eigenvalue weighted by molar-refractivity contribution is -0.108. The molecule has 0 aromatic carbocycles. The summed E-state index contributed by atoms with van der Waals surface area (Å²) in [7, 11) is -2.53. The molecule has 1 atom stereocenters. The van der Waals surface area contributed by atoms with Gasteiger partial charge in [0, 0.05) is 25.9 Å². The molecule has 0 N–H and O–H groups in total. The Morgan fingerprint density at radius 1 is 0.944 bits per heavy atom. The molecule has 0 aromatic rings. The fraction of sp³-hybridized carbons (Fsp3) is 1.00. The minimum absolute atomic E-state index is 0.258. The summed E-state index contributed by atoms with van der Waals surface area (Å²) in [6, 6.07) is 0.775. The fourth-order valence-electron chi connectivity index (χ4n) is 1.73. The Balaban J connectivity index is 4.12. The normalized spacial score (nSPS) is 13.8. The summed E-state index contributed by atoms with van der Waals surface area (Å²) in [4.78, 5) is 0. The zero-order valence-electron chi connectivity index (χ0n) is 12.7. The molecule has 0 aliphatic rings. The van der Waals surface area contributed by atoms with Gasteiger partial charge in [0.2, 0.25) is 0 Å². The van der Waals surface area contributed by atoms with Crippen molar-refractivity contribution in [3.63, 3.8) is 0 Å². The maximum atomic E-state index is 5.92. The van der Waals surface area contributed by atoms with E-state index in [1.165, 1.54) is 12.8 Å². The molecule has 4 nitrogen and oxygen atoms in total. The topological polar surface area (TPSA) is 36.9 Å². The molecule has 0 aliphatic heterocycles. The Morgan fingerprint density at radius 3 is 2.00 bits per heavy atom. The van der Waals surface area contributed by atoms with Gasteiger partial charge in [-0.25, -0.2) is 0 Å². The minimum Gasteiger partial charge on any atom is -0.374 e. The predicted octanol–water partition coefficient (Wildman–Crippen LogP) is 3.59. The van der Waals surface area contributed by atoms with Crippen LogP contribution < -0.4 is 0 Å². The second-order valence-corrected chi connectivity index (χ2v) is 7.05. The van der Waals surface area contributed by atoms with Crippen LogP contribution >= 0.6 is 0 Å². The van der Waals surface area contributed by atoms with E-state index < -0.39 is 8.80 Å².